The summed E-state index contributed by atoms with van der Waals surface area (Å²) in [5, 5.41) is 0. The van der Waals surface area contributed by atoms with E-state index in [9.17, 15) is 4.79 Å². The maximum Gasteiger partial charge on any atom is 0.226 e. The zero-order valence-electron chi connectivity index (χ0n) is 12.6. The highest BCUT2D eigenvalue weighted by atomic mass is 32.2. The van der Waals surface area contributed by atoms with Gasteiger partial charge in [-0.05, 0) is 50.9 Å². The van der Waals surface area contributed by atoms with Crippen LogP contribution in [0.3, 0.4) is 0 Å². The number of likely N-dealkylation sites (tertiary alicyclic amines) is 1. The molecule has 3 rings (SSSR count). The Labute approximate surface area is 127 Å². The second-order valence-corrected chi connectivity index (χ2v) is 7.75. The monoisotopic (exact) mass is 296 g/mol. The van der Waals surface area contributed by atoms with E-state index in [0.717, 1.165) is 31.7 Å². The van der Waals surface area contributed by atoms with Gasteiger partial charge in [-0.15, -0.1) is 0 Å². The Hall–Kier alpha value is -0.220. The van der Waals surface area contributed by atoms with Gasteiger partial charge in [0.25, 0.3) is 0 Å². The second kappa shape index (κ2) is 7.17. The number of hydrogen-bond acceptors (Lipinski definition) is 3. The summed E-state index contributed by atoms with van der Waals surface area (Å²) in [4.78, 5) is 17.7. The second-order valence-electron chi connectivity index (χ2n) is 6.60. The van der Waals surface area contributed by atoms with Crippen LogP contribution in [0.2, 0.25) is 0 Å². The minimum absolute atomic E-state index is 0.346. The quantitative estimate of drug-likeness (QED) is 0.800. The van der Waals surface area contributed by atoms with Crippen LogP contribution < -0.4 is 0 Å². The van der Waals surface area contributed by atoms with Crippen molar-refractivity contribution in [2.45, 2.75) is 51.0 Å². The highest BCUT2D eigenvalue weighted by Crippen LogP contribution is 2.29. The Morgan fingerprint density at radius 3 is 2.50 bits per heavy atom. The number of thioether (sulfide) groups is 1. The SMILES string of the molecule is O=C(C1CCCC1)N1CCCSC[C@H]1CN1CCCC1. The van der Waals surface area contributed by atoms with E-state index in [1.807, 2.05) is 0 Å². The van der Waals surface area contributed by atoms with E-state index in [0.29, 0.717) is 17.9 Å². The molecule has 4 heteroatoms. The third-order valence-corrected chi connectivity index (χ3v) is 6.29. The highest BCUT2D eigenvalue weighted by molar-refractivity contribution is 7.99. The van der Waals surface area contributed by atoms with E-state index in [4.69, 9.17) is 0 Å². The maximum atomic E-state index is 12.8. The molecule has 0 radical (unpaired) electrons. The van der Waals surface area contributed by atoms with Crippen LogP contribution in [0.1, 0.15) is 44.9 Å². The summed E-state index contributed by atoms with van der Waals surface area (Å²) in [7, 11) is 0. The van der Waals surface area contributed by atoms with E-state index in [-0.39, 0.29) is 0 Å². The third kappa shape index (κ3) is 3.51. The number of rotatable bonds is 3. The topological polar surface area (TPSA) is 23.6 Å². The van der Waals surface area contributed by atoms with E-state index in [1.54, 1.807) is 0 Å². The molecule has 0 aromatic heterocycles. The first-order valence-corrected chi connectivity index (χ1v) is 9.60. The summed E-state index contributed by atoms with van der Waals surface area (Å²) in [5.41, 5.74) is 0. The number of carbonyl (C=O) groups excluding carboxylic acids is 1. The Bertz CT molecular complexity index is 324. The lowest BCUT2D eigenvalue weighted by Crippen LogP contribution is -2.49. The van der Waals surface area contributed by atoms with Crippen LogP contribution in [-0.2, 0) is 4.79 Å². The van der Waals surface area contributed by atoms with Gasteiger partial charge in [0.1, 0.15) is 0 Å². The molecule has 3 fully saturated rings. The lowest BCUT2D eigenvalue weighted by Gasteiger charge is -2.34. The van der Waals surface area contributed by atoms with Crippen LogP contribution in [0, 0.1) is 5.92 Å². The van der Waals surface area contributed by atoms with Crippen molar-refractivity contribution in [2.24, 2.45) is 5.92 Å². The Balaban J connectivity index is 1.64. The minimum Gasteiger partial charge on any atom is -0.337 e. The molecule has 20 heavy (non-hydrogen) atoms. The van der Waals surface area contributed by atoms with Gasteiger partial charge in [-0.25, -0.2) is 0 Å². The van der Waals surface area contributed by atoms with Crippen molar-refractivity contribution in [1.82, 2.24) is 9.80 Å². The van der Waals surface area contributed by atoms with Crippen molar-refractivity contribution >= 4 is 17.7 Å². The first kappa shape index (κ1) is 14.7. The van der Waals surface area contributed by atoms with Crippen molar-refractivity contribution in [3.8, 4) is 0 Å². The first-order valence-electron chi connectivity index (χ1n) is 8.45. The average molecular weight is 296 g/mol. The van der Waals surface area contributed by atoms with Gasteiger partial charge in [-0.3, -0.25) is 4.79 Å². The van der Waals surface area contributed by atoms with Crippen LogP contribution >= 0.6 is 11.8 Å². The van der Waals surface area contributed by atoms with E-state index >= 15 is 0 Å². The lowest BCUT2D eigenvalue weighted by molar-refractivity contribution is -0.137. The Kier molecular flexibility index (Phi) is 5.27. The summed E-state index contributed by atoms with van der Waals surface area (Å²) in [5.74, 6) is 3.20. The zero-order valence-corrected chi connectivity index (χ0v) is 13.4. The molecule has 2 aliphatic heterocycles. The zero-order chi connectivity index (χ0) is 13.8. The summed E-state index contributed by atoms with van der Waals surface area (Å²) < 4.78 is 0. The number of carbonyl (C=O) groups is 1. The molecule has 1 saturated carbocycles. The largest absolute Gasteiger partial charge is 0.337 e. The standard InChI is InChI=1S/C16H28N2OS/c19-16(14-6-1-2-7-14)18-10-5-11-20-13-15(18)12-17-8-3-4-9-17/h14-15H,1-13H2/t15-/m1/s1. The molecule has 3 aliphatic rings. The number of amides is 1. The summed E-state index contributed by atoms with van der Waals surface area (Å²) in [6.45, 7) is 4.60. The fourth-order valence-corrected chi connectivity index (χ4v) is 5.00. The summed E-state index contributed by atoms with van der Waals surface area (Å²) in [6, 6.07) is 0.466. The molecule has 0 bridgehead atoms. The molecule has 3 nitrogen and oxygen atoms in total. The highest BCUT2D eigenvalue weighted by Gasteiger charge is 2.33. The molecular formula is C16H28N2OS. The Morgan fingerprint density at radius 1 is 1.00 bits per heavy atom. The van der Waals surface area contributed by atoms with Gasteiger partial charge in [-0.1, -0.05) is 12.8 Å². The molecule has 1 amide bonds. The van der Waals surface area contributed by atoms with Gasteiger partial charge in [0.05, 0.1) is 6.04 Å². The molecule has 114 valence electrons. The van der Waals surface area contributed by atoms with E-state index < -0.39 is 0 Å². The molecule has 2 heterocycles. The molecular weight excluding hydrogens is 268 g/mol. The van der Waals surface area contributed by atoms with Crippen molar-refractivity contribution < 1.29 is 4.79 Å². The van der Waals surface area contributed by atoms with Gasteiger partial charge >= 0.3 is 0 Å². The van der Waals surface area contributed by atoms with Crippen LogP contribution in [0.15, 0.2) is 0 Å². The van der Waals surface area contributed by atoms with Crippen LogP contribution in [0.4, 0.5) is 0 Å². The molecule has 0 N–H and O–H groups in total. The van der Waals surface area contributed by atoms with Crippen molar-refractivity contribution in [3.05, 3.63) is 0 Å². The van der Waals surface area contributed by atoms with E-state index in [2.05, 4.69) is 21.6 Å². The summed E-state index contributed by atoms with van der Waals surface area (Å²) in [6.07, 6.45) is 8.66. The predicted molar refractivity (Wildman–Crippen MR) is 85.1 cm³/mol. The molecule has 0 unspecified atom stereocenters. The number of nitrogens with zero attached hydrogens (tertiary/aromatic N) is 2. The van der Waals surface area contributed by atoms with Gasteiger partial charge in [0, 0.05) is 24.8 Å². The van der Waals surface area contributed by atoms with Crippen LogP contribution in [-0.4, -0.2) is 59.4 Å². The first-order chi connectivity index (χ1) is 9.84. The molecule has 1 atom stereocenters. The molecule has 0 aromatic carbocycles. The molecule has 0 aromatic rings. The normalized spacial score (nSPS) is 29.8. The Morgan fingerprint density at radius 2 is 1.75 bits per heavy atom. The van der Waals surface area contributed by atoms with Crippen molar-refractivity contribution in [3.63, 3.8) is 0 Å². The van der Waals surface area contributed by atoms with Gasteiger partial charge < -0.3 is 9.80 Å². The van der Waals surface area contributed by atoms with Gasteiger partial charge in [0.2, 0.25) is 5.91 Å². The lowest BCUT2D eigenvalue weighted by atomic mass is 10.0. The van der Waals surface area contributed by atoms with Crippen LogP contribution in [0.25, 0.3) is 0 Å². The van der Waals surface area contributed by atoms with Gasteiger partial charge in [-0.2, -0.15) is 11.8 Å². The predicted octanol–water partition coefficient (Wildman–Crippen LogP) is 2.61. The molecule has 1 aliphatic carbocycles. The smallest absolute Gasteiger partial charge is 0.226 e. The fourth-order valence-electron chi connectivity index (χ4n) is 3.94. The van der Waals surface area contributed by atoms with Crippen LogP contribution in [0.5, 0.6) is 0 Å². The molecule has 0 spiro atoms. The van der Waals surface area contributed by atoms with Crippen molar-refractivity contribution in [2.75, 3.05) is 37.7 Å². The fraction of sp³-hybridized carbons (Fsp3) is 0.938. The molecule has 2 saturated heterocycles. The summed E-state index contributed by atoms with van der Waals surface area (Å²) >= 11 is 2.05. The maximum absolute atomic E-state index is 12.8. The van der Waals surface area contributed by atoms with E-state index in [1.165, 1.54) is 50.9 Å². The average Bonchev–Trinajstić information content (AvgIpc) is 3.10. The van der Waals surface area contributed by atoms with Gasteiger partial charge in [0.15, 0.2) is 0 Å². The van der Waals surface area contributed by atoms with Crippen molar-refractivity contribution in [1.29, 1.82) is 0 Å². The number of hydrogen-bond donors (Lipinski definition) is 0. The minimum atomic E-state index is 0.346. The third-order valence-electron chi connectivity index (χ3n) is 5.09.